The normalized spacial score (nSPS) is 11.1. The number of rotatable bonds is 4. The molecular weight excluding hydrogens is 254 g/mol. The highest BCUT2D eigenvalue weighted by molar-refractivity contribution is 5.93. The third kappa shape index (κ3) is 2.14. The lowest BCUT2D eigenvalue weighted by molar-refractivity contribution is 0.316. The van der Waals surface area contributed by atoms with E-state index < -0.39 is 0 Å². The van der Waals surface area contributed by atoms with Crippen LogP contribution in [0, 0.1) is 0 Å². The molecule has 1 heterocycles. The Hall–Kier alpha value is -2.33. The van der Waals surface area contributed by atoms with E-state index in [2.05, 4.69) is 0 Å². The molecule has 0 atom stereocenters. The summed E-state index contributed by atoms with van der Waals surface area (Å²) in [6, 6.07) is 12.6. The van der Waals surface area contributed by atoms with Gasteiger partial charge in [0, 0.05) is 0 Å². The van der Waals surface area contributed by atoms with Crippen LogP contribution in [-0.4, -0.2) is 13.2 Å². The fourth-order valence-electron chi connectivity index (χ4n) is 2.20. The third-order valence-electron chi connectivity index (χ3n) is 3.17. The molecule has 4 nitrogen and oxygen atoms in total. The molecule has 0 aliphatic heterocycles. The molecule has 0 amide bonds. The maximum atomic E-state index is 12.6. The Bertz CT molecular complexity index is 808. The predicted molar refractivity (Wildman–Crippen MR) is 79.2 cm³/mol. The molecular formula is C16H15NO3. The van der Waals surface area contributed by atoms with Gasteiger partial charge in [0.05, 0.1) is 12.0 Å². The van der Waals surface area contributed by atoms with Gasteiger partial charge in [-0.3, -0.25) is 4.79 Å². The molecule has 0 fully saturated rings. The number of fused-ring (bicyclic) bond motifs is 2. The molecule has 102 valence electrons. The molecule has 0 saturated carbocycles. The molecule has 4 heteroatoms. The van der Waals surface area contributed by atoms with Gasteiger partial charge in [0.1, 0.15) is 22.3 Å². The summed E-state index contributed by atoms with van der Waals surface area (Å²) in [7, 11) is 0. The molecule has 1 aromatic heterocycles. The number of nitrogens with two attached hydrogens (primary N) is 1. The fourth-order valence-corrected chi connectivity index (χ4v) is 2.20. The van der Waals surface area contributed by atoms with Crippen molar-refractivity contribution in [2.24, 2.45) is 5.73 Å². The van der Waals surface area contributed by atoms with Crippen molar-refractivity contribution in [3.05, 3.63) is 52.7 Å². The molecule has 20 heavy (non-hydrogen) atoms. The number of benzene rings is 2. The molecule has 0 radical (unpaired) electrons. The standard InChI is InChI=1S/C16H15NO3/c17-9-4-10-19-13-7-3-8-14-15(13)16(18)11-5-1-2-6-12(11)20-14/h1-3,5-8H,4,9-10,17H2. The Labute approximate surface area is 115 Å². The summed E-state index contributed by atoms with van der Waals surface area (Å²) in [6.07, 6.45) is 0.745. The van der Waals surface area contributed by atoms with Gasteiger partial charge in [-0.15, -0.1) is 0 Å². The van der Waals surface area contributed by atoms with Gasteiger partial charge in [-0.05, 0) is 37.2 Å². The van der Waals surface area contributed by atoms with Gasteiger partial charge in [0.25, 0.3) is 0 Å². The first kappa shape index (κ1) is 12.7. The SMILES string of the molecule is NCCCOc1cccc2oc3ccccc3c(=O)c12. The maximum absolute atomic E-state index is 12.6. The minimum absolute atomic E-state index is 0.0646. The molecule has 0 bridgehead atoms. The summed E-state index contributed by atoms with van der Waals surface area (Å²) < 4.78 is 11.4. The van der Waals surface area contributed by atoms with Crippen molar-refractivity contribution in [1.29, 1.82) is 0 Å². The number of para-hydroxylation sites is 1. The first-order valence-electron chi connectivity index (χ1n) is 6.58. The van der Waals surface area contributed by atoms with Crippen LogP contribution in [0.5, 0.6) is 5.75 Å². The quantitative estimate of drug-likeness (QED) is 0.584. The van der Waals surface area contributed by atoms with Crippen LogP contribution in [0.3, 0.4) is 0 Å². The second kappa shape index (κ2) is 5.35. The zero-order chi connectivity index (χ0) is 13.9. The van der Waals surface area contributed by atoms with Crippen LogP contribution in [0.2, 0.25) is 0 Å². The van der Waals surface area contributed by atoms with Crippen molar-refractivity contribution in [1.82, 2.24) is 0 Å². The Morgan fingerprint density at radius 1 is 1.05 bits per heavy atom. The van der Waals surface area contributed by atoms with E-state index in [-0.39, 0.29) is 5.43 Å². The Kier molecular flexibility index (Phi) is 3.39. The van der Waals surface area contributed by atoms with Gasteiger partial charge >= 0.3 is 0 Å². The molecule has 0 saturated heterocycles. The van der Waals surface area contributed by atoms with Gasteiger partial charge in [0.15, 0.2) is 0 Å². The average molecular weight is 269 g/mol. The molecule has 0 unspecified atom stereocenters. The maximum Gasteiger partial charge on any atom is 0.204 e. The van der Waals surface area contributed by atoms with Crippen LogP contribution in [-0.2, 0) is 0 Å². The van der Waals surface area contributed by atoms with Crippen LogP contribution in [0.4, 0.5) is 0 Å². The summed E-state index contributed by atoms with van der Waals surface area (Å²) in [4.78, 5) is 12.6. The molecule has 2 N–H and O–H groups in total. The average Bonchev–Trinajstić information content (AvgIpc) is 2.48. The Morgan fingerprint density at radius 3 is 2.70 bits per heavy atom. The van der Waals surface area contributed by atoms with E-state index >= 15 is 0 Å². The highest BCUT2D eigenvalue weighted by atomic mass is 16.5. The molecule has 3 rings (SSSR count). The molecule has 0 aliphatic carbocycles. The Morgan fingerprint density at radius 2 is 1.85 bits per heavy atom. The lowest BCUT2D eigenvalue weighted by atomic mass is 10.1. The van der Waals surface area contributed by atoms with E-state index in [0.29, 0.717) is 40.8 Å². The summed E-state index contributed by atoms with van der Waals surface area (Å²) in [5.74, 6) is 0.551. The summed E-state index contributed by atoms with van der Waals surface area (Å²) >= 11 is 0. The summed E-state index contributed by atoms with van der Waals surface area (Å²) in [5, 5.41) is 1.05. The minimum atomic E-state index is -0.0646. The first-order chi connectivity index (χ1) is 9.81. The van der Waals surface area contributed by atoms with Crippen molar-refractivity contribution >= 4 is 21.9 Å². The van der Waals surface area contributed by atoms with E-state index in [1.54, 1.807) is 24.3 Å². The molecule has 0 aliphatic rings. The van der Waals surface area contributed by atoms with Gasteiger partial charge in [0.2, 0.25) is 5.43 Å². The van der Waals surface area contributed by atoms with Crippen molar-refractivity contribution in [3.63, 3.8) is 0 Å². The van der Waals surface area contributed by atoms with Crippen LogP contribution in [0.15, 0.2) is 51.7 Å². The smallest absolute Gasteiger partial charge is 0.204 e. The number of hydrogen-bond acceptors (Lipinski definition) is 4. The lowest BCUT2D eigenvalue weighted by Crippen LogP contribution is -2.09. The van der Waals surface area contributed by atoms with Crippen LogP contribution < -0.4 is 15.9 Å². The number of hydrogen-bond donors (Lipinski definition) is 1. The second-order valence-corrected chi connectivity index (χ2v) is 4.55. The van der Waals surface area contributed by atoms with E-state index in [0.717, 1.165) is 6.42 Å². The second-order valence-electron chi connectivity index (χ2n) is 4.55. The topological polar surface area (TPSA) is 65.5 Å². The van der Waals surface area contributed by atoms with Gasteiger partial charge < -0.3 is 14.9 Å². The Balaban J connectivity index is 2.22. The van der Waals surface area contributed by atoms with E-state index in [9.17, 15) is 4.79 Å². The van der Waals surface area contributed by atoms with Gasteiger partial charge in [-0.1, -0.05) is 18.2 Å². The zero-order valence-corrected chi connectivity index (χ0v) is 11.0. The molecule has 3 aromatic rings. The summed E-state index contributed by atoms with van der Waals surface area (Å²) in [5.41, 5.74) is 6.51. The first-order valence-corrected chi connectivity index (χ1v) is 6.58. The summed E-state index contributed by atoms with van der Waals surface area (Å²) in [6.45, 7) is 1.05. The van der Waals surface area contributed by atoms with Crippen LogP contribution >= 0.6 is 0 Å². The monoisotopic (exact) mass is 269 g/mol. The van der Waals surface area contributed by atoms with Crippen molar-refractivity contribution in [2.45, 2.75) is 6.42 Å². The van der Waals surface area contributed by atoms with Gasteiger partial charge in [-0.25, -0.2) is 0 Å². The molecule has 0 spiro atoms. The van der Waals surface area contributed by atoms with E-state index in [1.807, 2.05) is 18.2 Å². The highest BCUT2D eigenvalue weighted by Gasteiger charge is 2.11. The van der Waals surface area contributed by atoms with Gasteiger partial charge in [-0.2, -0.15) is 0 Å². The fraction of sp³-hybridized carbons (Fsp3) is 0.188. The van der Waals surface area contributed by atoms with Crippen LogP contribution in [0.1, 0.15) is 6.42 Å². The van der Waals surface area contributed by atoms with Crippen LogP contribution in [0.25, 0.3) is 21.9 Å². The number of ether oxygens (including phenoxy) is 1. The van der Waals surface area contributed by atoms with Crippen molar-refractivity contribution in [3.8, 4) is 5.75 Å². The molecule has 2 aromatic carbocycles. The van der Waals surface area contributed by atoms with E-state index in [4.69, 9.17) is 14.9 Å². The van der Waals surface area contributed by atoms with E-state index in [1.165, 1.54) is 0 Å². The zero-order valence-electron chi connectivity index (χ0n) is 11.0. The lowest BCUT2D eigenvalue weighted by Gasteiger charge is -2.08. The van der Waals surface area contributed by atoms with Crippen molar-refractivity contribution in [2.75, 3.05) is 13.2 Å². The largest absolute Gasteiger partial charge is 0.493 e. The minimum Gasteiger partial charge on any atom is -0.493 e. The van der Waals surface area contributed by atoms with Crippen molar-refractivity contribution < 1.29 is 9.15 Å². The highest BCUT2D eigenvalue weighted by Crippen LogP contribution is 2.26. The predicted octanol–water partition coefficient (Wildman–Crippen LogP) is 2.67. The third-order valence-corrected chi connectivity index (χ3v) is 3.17.